The minimum atomic E-state index is -0.599. The molecule has 0 aliphatic rings. The highest BCUT2D eigenvalue weighted by Crippen LogP contribution is 2.04. The van der Waals surface area contributed by atoms with Gasteiger partial charge < -0.3 is 9.26 Å². The third-order valence-electron chi connectivity index (χ3n) is 1.64. The van der Waals surface area contributed by atoms with Gasteiger partial charge in [-0.1, -0.05) is 0 Å². The predicted octanol–water partition coefficient (Wildman–Crippen LogP) is 0.463. The Morgan fingerprint density at radius 1 is 1.62 bits per heavy atom. The van der Waals surface area contributed by atoms with Gasteiger partial charge in [0.25, 0.3) is 5.56 Å². The molecule has 5 heteroatoms. The molecule has 0 aromatic carbocycles. The van der Waals surface area contributed by atoms with Crippen LogP contribution in [0.5, 0.6) is 0 Å². The topological polar surface area (TPSA) is 61.4 Å². The van der Waals surface area contributed by atoms with E-state index < -0.39 is 5.97 Å². The zero-order chi connectivity index (χ0) is 10.0. The number of esters is 1. The molecular weight excluding hydrogens is 174 g/mol. The standard InChI is InChI=1S/C8H11NO4/c1-4-12-8(11)6-5(2)7(10)9(3)13-6/h4H2,1-3H3. The first-order valence-corrected chi connectivity index (χ1v) is 3.92. The summed E-state index contributed by atoms with van der Waals surface area (Å²) in [5, 5.41) is 0. The van der Waals surface area contributed by atoms with Crippen molar-refractivity contribution in [2.45, 2.75) is 13.8 Å². The summed E-state index contributed by atoms with van der Waals surface area (Å²) >= 11 is 0. The van der Waals surface area contributed by atoms with Crippen molar-refractivity contribution in [3.63, 3.8) is 0 Å². The Morgan fingerprint density at radius 2 is 2.23 bits per heavy atom. The van der Waals surface area contributed by atoms with Gasteiger partial charge in [0.2, 0.25) is 5.76 Å². The molecule has 0 spiro atoms. The summed E-state index contributed by atoms with van der Waals surface area (Å²) in [7, 11) is 1.44. The first-order valence-electron chi connectivity index (χ1n) is 3.92. The van der Waals surface area contributed by atoms with Crippen molar-refractivity contribution in [3.05, 3.63) is 21.7 Å². The second-order valence-electron chi connectivity index (χ2n) is 2.57. The van der Waals surface area contributed by atoms with Gasteiger partial charge in [-0.2, -0.15) is 4.74 Å². The van der Waals surface area contributed by atoms with Crippen LogP contribution in [-0.2, 0) is 11.8 Å². The first-order chi connectivity index (χ1) is 6.07. The van der Waals surface area contributed by atoms with E-state index in [0.717, 1.165) is 4.74 Å². The molecule has 0 radical (unpaired) electrons. The quantitative estimate of drug-likeness (QED) is 0.628. The van der Waals surface area contributed by atoms with Crippen LogP contribution in [0.4, 0.5) is 0 Å². The molecule has 0 aliphatic heterocycles. The van der Waals surface area contributed by atoms with Crippen LogP contribution >= 0.6 is 0 Å². The van der Waals surface area contributed by atoms with Crippen molar-refractivity contribution in [3.8, 4) is 0 Å². The molecule has 1 aromatic heterocycles. The number of aromatic nitrogens is 1. The molecule has 0 fully saturated rings. The molecule has 0 aliphatic carbocycles. The summed E-state index contributed by atoms with van der Waals surface area (Å²) < 4.78 is 10.6. The molecule has 0 saturated heterocycles. The van der Waals surface area contributed by atoms with Crippen molar-refractivity contribution in [2.24, 2.45) is 7.05 Å². The van der Waals surface area contributed by atoms with E-state index in [4.69, 9.17) is 9.26 Å². The van der Waals surface area contributed by atoms with E-state index in [9.17, 15) is 9.59 Å². The van der Waals surface area contributed by atoms with Crippen molar-refractivity contribution >= 4 is 5.97 Å². The molecule has 5 nitrogen and oxygen atoms in total. The first kappa shape index (κ1) is 9.57. The van der Waals surface area contributed by atoms with E-state index in [0.29, 0.717) is 0 Å². The number of hydrogen-bond acceptors (Lipinski definition) is 4. The molecule has 0 unspecified atom stereocenters. The Bertz CT molecular complexity index is 374. The van der Waals surface area contributed by atoms with Gasteiger partial charge in [-0.15, -0.1) is 0 Å². The van der Waals surface area contributed by atoms with Crippen LogP contribution in [0.3, 0.4) is 0 Å². The lowest BCUT2D eigenvalue weighted by Crippen LogP contribution is -2.12. The molecule has 1 heterocycles. The van der Waals surface area contributed by atoms with Crippen LogP contribution in [0, 0.1) is 6.92 Å². The van der Waals surface area contributed by atoms with Gasteiger partial charge in [-0.25, -0.2) is 4.79 Å². The van der Waals surface area contributed by atoms with Gasteiger partial charge in [0, 0.05) is 7.05 Å². The van der Waals surface area contributed by atoms with Crippen LogP contribution in [0.2, 0.25) is 0 Å². The van der Waals surface area contributed by atoms with Gasteiger partial charge in [-0.3, -0.25) is 4.79 Å². The fourth-order valence-electron chi connectivity index (χ4n) is 0.967. The summed E-state index contributed by atoms with van der Waals surface area (Å²) in [6.45, 7) is 3.48. The van der Waals surface area contributed by atoms with Crippen molar-refractivity contribution in [1.29, 1.82) is 0 Å². The lowest BCUT2D eigenvalue weighted by molar-refractivity contribution is 0.0465. The smallest absolute Gasteiger partial charge is 0.377 e. The molecule has 13 heavy (non-hydrogen) atoms. The highest BCUT2D eigenvalue weighted by molar-refractivity contribution is 5.87. The number of aryl methyl sites for hydroxylation is 1. The summed E-state index contributed by atoms with van der Waals surface area (Å²) in [5.74, 6) is -0.618. The highest BCUT2D eigenvalue weighted by Gasteiger charge is 2.19. The normalized spacial score (nSPS) is 10.1. The molecule has 0 saturated carbocycles. The molecular formula is C8H11NO4. The summed E-state index contributed by atoms with van der Waals surface area (Å²) in [5.41, 5.74) is -0.0380. The van der Waals surface area contributed by atoms with Gasteiger partial charge >= 0.3 is 5.97 Å². The Kier molecular flexibility index (Phi) is 2.55. The number of carbonyl (C=O) groups excluding carboxylic acids is 1. The SMILES string of the molecule is CCOC(=O)c1on(C)c(=O)c1C. The highest BCUT2D eigenvalue weighted by atomic mass is 16.6. The molecule has 72 valence electrons. The Hall–Kier alpha value is -1.52. The van der Waals surface area contributed by atoms with E-state index in [-0.39, 0.29) is 23.5 Å². The number of ether oxygens (including phenoxy) is 1. The van der Waals surface area contributed by atoms with Gasteiger partial charge in [0.05, 0.1) is 12.2 Å². The molecule has 1 aromatic rings. The molecule has 1 rings (SSSR count). The van der Waals surface area contributed by atoms with Crippen molar-refractivity contribution in [1.82, 2.24) is 4.74 Å². The largest absolute Gasteiger partial charge is 0.460 e. The van der Waals surface area contributed by atoms with Crippen molar-refractivity contribution in [2.75, 3.05) is 6.61 Å². The minimum Gasteiger partial charge on any atom is -0.460 e. The Morgan fingerprint density at radius 3 is 2.62 bits per heavy atom. The Labute approximate surface area is 74.9 Å². The van der Waals surface area contributed by atoms with Crippen LogP contribution in [0.1, 0.15) is 23.0 Å². The maximum absolute atomic E-state index is 11.2. The number of nitrogens with zero attached hydrogens (tertiary/aromatic N) is 1. The molecule has 0 N–H and O–H groups in total. The van der Waals surface area contributed by atoms with Crippen LogP contribution < -0.4 is 5.56 Å². The summed E-state index contributed by atoms with van der Waals surface area (Å²) in [4.78, 5) is 22.3. The van der Waals surface area contributed by atoms with Crippen LogP contribution in [0.25, 0.3) is 0 Å². The summed E-state index contributed by atoms with van der Waals surface area (Å²) in [6, 6.07) is 0. The molecule has 0 amide bonds. The molecule has 0 atom stereocenters. The second-order valence-corrected chi connectivity index (χ2v) is 2.57. The monoisotopic (exact) mass is 185 g/mol. The van der Waals surface area contributed by atoms with Gasteiger partial charge in [0.15, 0.2) is 0 Å². The van der Waals surface area contributed by atoms with E-state index >= 15 is 0 Å². The maximum atomic E-state index is 11.2. The third kappa shape index (κ3) is 1.63. The lowest BCUT2D eigenvalue weighted by atomic mass is 10.3. The maximum Gasteiger partial charge on any atom is 0.377 e. The Balaban J connectivity index is 3.09. The average molecular weight is 185 g/mol. The van der Waals surface area contributed by atoms with E-state index in [1.807, 2.05) is 0 Å². The number of rotatable bonds is 2. The fraction of sp³-hybridized carbons (Fsp3) is 0.500. The van der Waals surface area contributed by atoms with E-state index in [1.165, 1.54) is 14.0 Å². The lowest BCUT2D eigenvalue weighted by Gasteiger charge is -1.96. The zero-order valence-corrected chi connectivity index (χ0v) is 7.79. The fourth-order valence-corrected chi connectivity index (χ4v) is 0.967. The number of hydrogen-bond donors (Lipinski definition) is 0. The predicted molar refractivity (Wildman–Crippen MR) is 44.6 cm³/mol. The van der Waals surface area contributed by atoms with Crippen LogP contribution in [0.15, 0.2) is 9.32 Å². The molecule has 0 bridgehead atoms. The van der Waals surface area contributed by atoms with E-state index in [1.54, 1.807) is 6.92 Å². The van der Waals surface area contributed by atoms with Gasteiger partial charge in [-0.05, 0) is 13.8 Å². The zero-order valence-electron chi connectivity index (χ0n) is 7.79. The third-order valence-corrected chi connectivity index (χ3v) is 1.64. The average Bonchev–Trinajstić information content (AvgIpc) is 2.33. The van der Waals surface area contributed by atoms with Crippen LogP contribution in [-0.4, -0.2) is 17.3 Å². The van der Waals surface area contributed by atoms with E-state index in [2.05, 4.69) is 0 Å². The number of carbonyl (C=O) groups is 1. The van der Waals surface area contributed by atoms with Gasteiger partial charge in [0.1, 0.15) is 0 Å². The summed E-state index contributed by atoms with van der Waals surface area (Å²) in [6.07, 6.45) is 0. The second kappa shape index (κ2) is 3.47. The minimum absolute atomic E-state index is 0.0191. The van der Waals surface area contributed by atoms with Crippen molar-refractivity contribution < 1.29 is 14.1 Å².